The summed E-state index contributed by atoms with van der Waals surface area (Å²) >= 11 is 0. The van der Waals surface area contributed by atoms with Crippen LogP contribution in [0.25, 0.3) is 11.1 Å². The summed E-state index contributed by atoms with van der Waals surface area (Å²) in [6.45, 7) is 1.88. The number of nitrogen functional groups attached to an aromatic ring is 2. The maximum Gasteiger partial charge on any atom is 0.270 e. The molecule has 5 nitrogen and oxygen atoms in total. The largest absolute Gasteiger partial charge is 0.399 e. The highest BCUT2D eigenvalue weighted by Gasteiger charge is 2.12. The number of anilines is 2. The zero-order valence-electron chi connectivity index (χ0n) is 10.7. The van der Waals surface area contributed by atoms with E-state index in [1.807, 2.05) is 6.92 Å². The third-order valence-corrected chi connectivity index (χ3v) is 2.80. The Hall–Kier alpha value is -1.98. The van der Waals surface area contributed by atoms with Crippen LogP contribution >= 0.6 is 24.8 Å². The van der Waals surface area contributed by atoms with Crippen molar-refractivity contribution in [3.63, 3.8) is 0 Å². The molecule has 4 N–H and O–H groups in total. The molecular formula is C13H15Cl2N3O2. The first-order chi connectivity index (χ1) is 8.49. The lowest BCUT2D eigenvalue weighted by molar-refractivity contribution is -0.384. The highest BCUT2D eigenvalue weighted by Crippen LogP contribution is 2.32. The predicted octanol–water partition coefficient (Wildman–Crippen LogP) is 3.58. The van der Waals surface area contributed by atoms with Crippen molar-refractivity contribution in [3.8, 4) is 11.1 Å². The van der Waals surface area contributed by atoms with E-state index in [2.05, 4.69) is 0 Å². The molecule has 0 aromatic heterocycles. The van der Waals surface area contributed by atoms with Crippen LogP contribution in [0.3, 0.4) is 0 Å². The van der Waals surface area contributed by atoms with Gasteiger partial charge in [0.25, 0.3) is 5.69 Å². The van der Waals surface area contributed by atoms with E-state index in [1.54, 1.807) is 24.3 Å². The molecule has 0 aliphatic carbocycles. The smallest absolute Gasteiger partial charge is 0.270 e. The number of non-ortho nitro benzene ring substituents is 1. The van der Waals surface area contributed by atoms with E-state index in [1.165, 1.54) is 12.1 Å². The van der Waals surface area contributed by atoms with E-state index in [-0.39, 0.29) is 30.5 Å². The van der Waals surface area contributed by atoms with Crippen LogP contribution in [0.15, 0.2) is 36.4 Å². The molecule has 0 saturated carbocycles. The van der Waals surface area contributed by atoms with Crippen molar-refractivity contribution < 1.29 is 4.92 Å². The summed E-state index contributed by atoms with van der Waals surface area (Å²) < 4.78 is 0. The number of hydrogen-bond donors (Lipinski definition) is 2. The average Bonchev–Trinajstić information content (AvgIpc) is 2.33. The molecule has 0 aliphatic rings. The van der Waals surface area contributed by atoms with Gasteiger partial charge in [-0.05, 0) is 36.2 Å². The maximum absolute atomic E-state index is 10.8. The average molecular weight is 316 g/mol. The fraction of sp³-hybridized carbons (Fsp3) is 0.0769. The van der Waals surface area contributed by atoms with Crippen molar-refractivity contribution in [1.82, 2.24) is 0 Å². The summed E-state index contributed by atoms with van der Waals surface area (Å²) in [5.74, 6) is 0. The minimum absolute atomic E-state index is 0. The van der Waals surface area contributed by atoms with Gasteiger partial charge < -0.3 is 11.5 Å². The number of hydrogen-bond acceptors (Lipinski definition) is 4. The number of aryl methyl sites for hydroxylation is 1. The lowest BCUT2D eigenvalue weighted by Gasteiger charge is -2.09. The molecule has 0 spiro atoms. The Balaban J connectivity index is 0.00000180. The van der Waals surface area contributed by atoms with Gasteiger partial charge in [0.2, 0.25) is 0 Å². The molecule has 0 unspecified atom stereocenters. The lowest BCUT2D eigenvalue weighted by Crippen LogP contribution is -1.96. The molecular weight excluding hydrogens is 301 g/mol. The summed E-state index contributed by atoms with van der Waals surface area (Å²) in [4.78, 5) is 10.4. The van der Waals surface area contributed by atoms with Gasteiger partial charge >= 0.3 is 0 Å². The van der Waals surface area contributed by atoms with Gasteiger partial charge in [0.1, 0.15) is 0 Å². The number of halogens is 2. The van der Waals surface area contributed by atoms with Crippen molar-refractivity contribution in [1.29, 1.82) is 0 Å². The standard InChI is InChI=1S/C13H13N3O2.2ClH/c1-8-2-4-10(16(17)18)7-11(8)12-6-9(14)3-5-13(12)15;;/h2-7H,14-15H2,1H3;2*1H. The van der Waals surface area contributed by atoms with Crippen LogP contribution < -0.4 is 11.5 Å². The Morgan fingerprint density at radius 2 is 1.65 bits per heavy atom. The fourth-order valence-electron chi connectivity index (χ4n) is 1.82. The highest BCUT2D eigenvalue weighted by atomic mass is 35.5. The van der Waals surface area contributed by atoms with Crippen LogP contribution in [0.1, 0.15) is 5.56 Å². The number of rotatable bonds is 2. The van der Waals surface area contributed by atoms with Gasteiger partial charge in [0.05, 0.1) is 4.92 Å². The van der Waals surface area contributed by atoms with Crippen molar-refractivity contribution in [2.24, 2.45) is 0 Å². The SMILES string of the molecule is Cc1ccc([N+](=O)[O-])cc1-c1cc(N)ccc1N.Cl.Cl. The van der Waals surface area contributed by atoms with Crippen molar-refractivity contribution in [3.05, 3.63) is 52.1 Å². The van der Waals surface area contributed by atoms with Crippen LogP contribution in [0.4, 0.5) is 17.1 Å². The van der Waals surface area contributed by atoms with Crippen molar-refractivity contribution in [2.75, 3.05) is 11.5 Å². The van der Waals surface area contributed by atoms with Crippen LogP contribution in [-0.2, 0) is 0 Å². The molecule has 2 aromatic carbocycles. The van der Waals surface area contributed by atoms with E-state index in [0.29, 0.717) is 11.4 Å². The quantitative estimate of drug-likeness (QED) is 0.503. The first kappa shape index (κ1) is 18.0. The summed E-state index contributed by atoms with van der Waals surface area (Å²) in [6.07, 6.45) is 0. The number of nitro groups is 1. The topological polar surface area (TPSA) is 95.2 Å². The van der Waals surface area contributed by atoms with Crippen molar-refractivity contribution in [2.45, 2.75) is 6.92 Å². The zero-order valence-corrected chi connectivity index (χ0v) is 12.3. The molecule has 0 atom stereocenters. The molecule has 0 fully saturated rings. The first-order valence-electron chi connectivity index (χ1n) is 5.39. The molecule has 0 amide bonds. The summed E-state index contributed by atoms with van der Waals surface area (Å²) in [5, 5.41) is 10.8. The lowest BCUT2D eigenvalue weighted by atomic mass is 9.98. The van der Waals surface area contributed by atoms with E-state index >= 15 is 0 Å². The molecule has 7 heteroatoms. The third-order valence-electron chi connectivity index (χ3n) is 2.80. The molecule has 0 saturated heterocycles. The summed E-state index contributed by atoms with van der Waals surface area (Å²) in [5.41, 5.74) is 15.1. The molecule has 2 aromatic rings. The van der Waals surface area contributed by atoms with Crippen LogP contribution in [0.2, 0.25) is 0 Å². The minimum atomic E-state index is -0.425. The van der Waals surface area contributed by atoms with E-state index < -0.39 is 4.92 Å². The second-order valence-electron chi connectivity index (χ2n) is 4.10. The van der Waals surface area contributed by atoms with Gasteiger partial charge in [0, 0.05) is 29.1 Å². The van der Waals surface area contributed by atoms with Crippen molar-refractivity contribution >= 4 is 41.9 Å². The van der Waals surface area contributed by atoms with E-state index in [0.717, 1.165) is 16.7 Å². The number of benzene rings is 2. The molecule has 2 rings (SSSR count). The Labute approximate surface area is 128 Å². The van der Waals surface area contributed by atoms with Crippen LogP contribution in [0, 0.1) is 17.0 Å². The first-order valence-corrected chi connectivity index (χ1v) is 5.39. The Bertz CT molecular complexity index is 633. The summed E-state index contributed by atoms with van der Waals surface area (Å²) in [6, 6.07) is 9.81. The van der Waals surface area contributed by atoms with Gasteiger partial charge in [-0.2, -0.15) is 0 Å². The number of nitro benzene ring substituents is 1. The maximum atomic E-state index is 10.8. The van der Waals surface area contributed by atoms with Gasteiger partial charge in [0.15, 0.2) is 0 Å². The molecule has 0 radical (unpaired) electrons. The normalized spacial score (nSPS) is 9.25. The molecule has 0 aliphatic heterocycles. The molecule has 20 heavy (non-hydrogen) atoms. The summed E-state index contributed by atoms with van der Waals surface area (Å²) in [7, 11) is 0. The van der Waals surface area contributed by atoms with E-state index in [9.17, 15) is 10.1 Å². The fourth-order valence-corrected chi connectivity index (χ4v) is 1.82. The van der Waals surface area contributed by atoms with Gasteiger partial charge in [-0.3, -0.25) is 10.1 Å². The Kier molecular flexibility index (Phi) is 6.29. The highest BCUT2D eigenvalue weighted by molar-refractivity contribution is 5.85. The Morgan fingerprint density at radius 3 is 2.25 bits per heavy atom. The van der Waals surface area contributed by atoms with Crippen LogP contribution in [0.5, 0.6) is 0 Å². The zero-order chi connectivity index (χ0) is 13.3. The molecule has 108 valence electrons. The van der Waals surface area contributed by atoms with Gasteiger partial charge in [-0.25, -0.2) is 0 Å². The second-order valence-corrected chi connectivity index (χ2v) is 4.10. The number of nitrogens with two attached hydrogens (primary N) is 2. The Morgan fingerprint density at radius 1 is 1.00 bits per heavy atom. The second kappa shape index (κ2) is 6.98. The molecule has 0 heterocycles. The predicted molar refractivity (Wildman–Crippen MR) is 86.6 cm³/mol. The minimum Gasteiger partial charge on any atom is -0.399 e. The van der Waals surface area contributed by atoms with Gasteiger partial charge in [-0.1, -0.05) is 6.07 Å². The van der Waals surface area contributed by atoms with Gasteiger partial charge in [-0.15, -0.1) is 24.8 Å². The monoisotopic (exact) mass is 315 g/mol. The molecule has 0 bridgehead atoms. The van der Waals surface area contributed by atoms with Crippen LogP contribution in [-0.4, -0.2) is 4.92 Å². The van der Waals surface area contributed by atoms with E-state index in [4.69, 9.17) is 11.5 Å². The third kappa shape index (κ3) is 3.53. The number of nitrogens with zero attached hydrogens (tertiary/aromatic N) is 1.